The second-order valence-electron chi connectivity index (χ2n) is 4.98. The molecule has 0 unspecified atom stereocenters. The van der Waals surface area contributed by atoms with Gasteiger partial charge in [0.15, 0.2) is 0 Å². The number of halogens is 1. The first-order valence-electron chi connectivity index (χ1n) is 6.52. The van der Waals surface area contributed by atoms with Crippen molar-refractivity contribution < 1.29 is 14.3 Å². The molecule has 1 aliphatic heterocycles. The number of carbonyl (C=O) groups is 1. The first-order chi connectivity index (χ1) is 9.04. The molecule has 1 amide bonds. The van der Waals surface area contributed by atoms with Gasteiger partial charge in [0.2, 0.25) is 5.91 Å². The number of hydrogen-bond donors (Lipinski definition) is 2. The van der Waals surface area contributed by atoms with Crippen molar-refractivity contribution in [3.8, 4) is 5.75 Å². The molecule has 1 fully saturated rings. The van der Waals surface area contributed by atoms with E-state index in [1.54, 1.807) is 13.0 Å². The number of benzene rings is 1. The summed E-state index contributed by atoms with van der Waals surface area (Å²) in [5, 5.41) is 12.7. The van der Waals surface area contributed by atoms with Crippen LogP contribution in [0.3, 0.4) is 0 Å². The van der Waals surface area contributed by atoms with Gasteiger partial charge < -0.3 is 15.3 Å². The van der Waals surface area contributed by atoms with E-state index in [9.17, 15) is 14.3 Å². The van der Waals surface area contributed by atoms with Crippen molar-refractivity contribution in [1.82, 2.24) is 10.2 Å². The van der Waals surface area contributed by atoms with E-state index in [-0.39, 0.29) is 11.7 Å². The molecule has 19 heavy (non-hydrogen) atoms. The molecular formula is C14H19FN2O2. The molecule has 1 saturated heterocycles. The topological polar surface area (TPSA) is 52.6 Å². The van der Waals surface area contributed by atoms with Crippen molar-refractivity contribution >= 4 is 5.91 Å². The maximum absolute atomic E-state index is 13.1. The van der Waals surface area contributed by atoms with Gasteiger partial charge in [-0.05, 0) is 30.5 Å². The van der Waals surface area contributed by atoms with Gasteiger partial charge in [0.05, 0.1) is 0 Å². The van der Waals surface area contributed by atoms with Gasteiger partial charge in [-0.25, -0.2) is 4.39 Å². The Labute approximate surface area is 112 Å². The number of amides is 1. The lowest BCUT2D eigenvalue weighted by Gasteiger charge is -2.31. The monoisotopic (exact) mass is 266 g/mol. The second-order valence-corrected chi connectivity index (χ2v) is 4.98. The Morgan fingerprint density at radius 1 is 1.42 bits per heavy atom. The number of nitrogens with one attached hydrogen (secondary N) is 1. The third-order valence-electron chi connectivity index (χ3n) is 3.48. The van der Waals surface area contributed by atoms with Gasteiger partial charge >= 0.3 is 0 Å². The van der Waals surface area contributed by atoms with Crippen molar-refractivity contribution in [3.05, 3.63) is 29.6 Å². The molecule has 2 rings (SSSR count). The highest BCUT2D eigenvalue weighted by molar-refractivity contribution is 5.73. The third kappa shape index (κ3) is 3.92. The molecule has 104 valence electrons. The Morgan fingerprint density at radius 3 is 2.68 bits per heavy atom. The van der Waals surface area contributed by atoms with Crippen LogP contribution in [0.15, 0.2) is 18.2 Å². The van der Waals surface area contributed by atoms with E-state index in [1.165, 1.54) is 6.07 Å². The molecular weight excluding hydrogens is 247 g/mol. The van der Waals surface area contributed by atoms with Crippen LogP contribution in [0.5, 0.6) is 5.75 Å². The molecule has 0 bridgehead atoms. The molecule has 1 aromatic carbocycles. The zero-order valence-electron chi connectivity index (χ0n) is 11.0. The number of carbonyl (C=O) groups excluding carboxylic acids is 1. The predicted molar refractivity (Wildman–Crippen MR) is 70.2 cm³/mol. The average Bonchev–Trinajstić information content (AvgIpc) is 2.36. The number of rotatable bonds is 3. The molecule has 0 aromatic heterocycles. The minimum atomic E-state index is -0.428. The quantitative estimate of drug-likeness (QED) is 0.874. The summed E-state index contributed by atoms with van der Waals surface area (Å²) in [7, 11) is 0. The number of piperidine rings is 1. The summed E-state index contributed by atoms with van der Waals surface area (Å²) in [6.45, 7) is 3.64. The summed E-state index contributed by atoms with van der Waals surface area (Å²) in [5.74, 6) is -0.361. The van der Waals surface area contributed by atoms with Crippen molar-refractivity contribution in [2.45, 2.75) is 32.4 Å². The van der Waals surface area contributed by atoms with E-state index in [0.29, 0.717) is 12.6 Å². The van der Waals surface area contributed by atoms with Crippen LogP contribution in [-0.4, -0.2) is 35.0 Å². The van der Waals surface area contributed by atoms with E-state index in [1.807, 2.05) is 4.90 Å². The van der Waals surface area contributed by atoms with Crippen molar-refractivity contribution in [1.29, 1.82) is 0 Å². The second kappa shape index (κ2) is 6.02. The zero-order chi connectivity index (χ0) is 13.8. The summed E-state index contributed by atoms with van der Waals surface area (Å²) < 4.78 is 13.1. The smallest absolute Gasteiger partial charge is 0.219 e. The van der Waals surface area contributed by atoms with Crippen molar-refractivity contribution in [2.24, 2.45) is 0 Å². The number of nitrogens with zero attached hydrogens (tertiary/aromatic N) is 1. The standard InChI is InChI=1S/C14H19FN2O2/c1-10(18)17-4-2-13(3-5-17)16-9-11-6-12(15)8-14(19)7-11/h6-8,13,16,19H,2-5,9H2,1H3. The Bertz CT molecular complexity index is 437. The Balaban J connectivity index is 1.82. The van der Waals surface area contributed by atoms with Crippen LogP contribution in [0.4, 0.5) is 4.39 Å². The molecule has 4 nitrogen and oxygen atoms in total. The van der Waals surface area contributed by atoms with Gasteiger partial charge in [0.25, 0.3) is 0 Å². The summed E-state index contributed by atoms with van der Waals surface area (Å²) in [6, 6.07) is 4.40. The van der Waals surface area contributed by atoms with Gasteiger partial charge in [-0.2, -0.15) is 0 Å². The molecule has 2 N–H and O–H groups in total. The summed E-state index contributed by atoms with van der Waals surface area (Å²) in [4.78, 5) is 13.0. The fraction of sp³-hybridized carbons (Fsp3) is 0.500. The fourth-order valence-corrected chi connectivity index (χ4v) is 2.40. The Kier molecular flexibility index (Phi) is 4.37. The first-order valence-corrected chi connectivity index (χ1v) is 6.52. The number of hydrogen-bond acceptors (Lipinski definition) is 3. The van der Waals surface area contributed by atoms with Crippen molar-refractivity contribution in [3.63, 3.8) is 0 Å². The molecule has 1 aromatic rings. The maximum Gasteiger partial charge on any atom is 0.219 e. The molecule has 0 aliphatic carbocycles. The number of likely N-dealkylation sites (tertiary alicyclic amines) is 1. The minimum Gasteiger partial charge on any atom is -0.508 e. The average molecular weight is 266 g/mol. The van der Waals surface area contributed by atoms with E-state index in [4.69, 9.17) is 0 Å². The summed E-state index contributed by atoms with van der Waals surface area (Å²) in [6.07, 6.45) is 1.81. The molecule has 5 heteroatoms. The number of aromatic hydroxyl groups is 1. The van der Waals surface area contributed by atoms with Crippen LogP contribution in [0.25, 0.3) is 0 Å². The van der Waals surface area contributed by atoms with Crippen LogP contribution in [-0.2, 0) is 11.3 Å². The largest absolute Gasteiger partial charge is 0.508 e. The fourth-order valence-electron chi connectivity index (χ4n) is 2.40. The van der Waals surface area contributed by atoms with Gasteiger partial charge in [0.1, 0.15) is 11.6 Å². The third-order valence-corrected chi connectivity index (χ3v) is 3.48. The van der Waals surface area contributed by atoms with Crippen LogP contribution in [0.2, 0.25) is 0 Å². The molecule has 0 saturated carbocycles. The SMILES string of the molecule is CC(=O)N1CCC(NCc2cc(O)cc(F)c2)CC1. The number of phenols is 1. The van der Waals surface area contributed by atoms with Crippen LogP contribution < -0.4 is 5.32 Å². The van der Waals surface area contributed by atoms with Gasteiger partial charge in [-0.1, -0.05) is 0 Å². The van der Waals surface area contributed by atoms with Gasteiger partial charge in [-0.3, -0.25) is 4.79 Å². The predicted octanol–water partition coefficient (Wildman–Crippen LogP) is 1.63. The zero-order valence-corrected chi connectivity index (χ0v) is 11.0. The van der Waals surface area contributed by atoms with E-state index in [2.05, 4.69) is 5.32 Å². The van der Waals surface area contributed by atoms with E-state index >= 15 is 0 Å². The summed E-state index contributed by atoms with van der Waals surface area (Å²) >= 11 is 0. The van der Waals surface area contributed by atoms with Gasteiger partial charge in [-0.15, -0.1) is 0 Å². The lowest BCUT2D eigenvalue weighted by Crippen LogP contribution is -2.43. The normalized spacial score (nSPS) is 16.6. The molecule has 1 heterocycles. The minimum absolute atomic E-state index is 0.0526. The highest BCUT2D eigenvalue weighted by Crippen LogP contribution is 2.16. The Hall–Kier alpha value is -1.62. The lowest BCUT2D eigenvalue weighted by atomic mass is 10.0. The lowest BCUT2D eigenvalue weighted by molar-refractivity contribution is -0.129. The molecule has 1 aliphatic rings. The van der Waals surface area contributed by atoms with Crippen LogP contribution >= 0.6 is 0 Å². The van der Waals surface area contributed by atoms with E-state index < -0.39 is 5.82 Å². The van der Waals surface area contributed by atoms with Gasteiger partial charge in [0, 0.05) is 38.7 Å². The highest BCUT2D eigenvalue weighted by Gasteiger charge is 2.20. The molecule has 0 radical (unpaired) electrons. The first kappa shape index (κ1) is 13.8. The highest BCUT2D eigenvalue weighted by atomic mass is 19.1. The molecule has 0 spiro atoms. The van der Waals surface area contributed by atoms with Crippen molar-refractivity contribution in [2.75, 3.05) is 13.1 Å². The maximum atomic E-state index is 13.1. The molecule has 0 atom stereocenters. The van der Waals surface area contributed by atoms with Crippen LogP contribution in [0.1, 0.15) is 25.3 Å². The van der Waals surface area contributed by atoms with E-state index in [0.717, 1.165) is 37.6 Å². The van der Waals surface area contributed by atoms with Crippen LogP contribution in [0, 0.1) is 5.82 Å². The number of phenolic OH excluding ortho intramolecular Hbond substituents is 1. The summed E-state index contributed by atoms with van der Waals surface area (Å²) in [5.41, 5.74) is 0.728. The Morgan fingerprint density at radius 2 is 2.11 bits per heavy atom.